The van der Waals surface area contributed by atoms with Crippen LogP contribution in [0.25, 0.3) is 33.4 Å². The molecule has 0 aromatic heterocycles. The summed E-state index contributed by atoms with van der Waals surface area (Å²) >= 11 is 0. The Morgan fingerprint density at radius 1 is 0.385 bits per heavy atom. The first-order valence-corrected chi connectivity index (χ1v) is 24.0. The zero-order valence-electron chi connectivity index (χ0n) is 37.7. The van der Waals surface area contributed by atoms with Gasteiger partial charge in [-0.2, -0.15) is 0 Å². The molecule has 2 saturated heterocycles. The van der Waals surface area contributed by atoms with Crippen LogP contribution in [0.1, 0.15) is 58.4 Å². The average Bonchev–Trinajstić information content (AvgIpc) is 3.34. The van der Waals surface area contributed by atoms with Crippen LogP contribution in [0.2, 0.25) is 0 Å². The highest BCUT2D eigenvalue weighted by Gasteiger charge is 2.48. The third-order valence-corrected chi connectivity index (χ3v) is 15.6. The Bertz CT molecular complexity index is 3070. The maximum Gasteiger partial charge on any atom is 0.252 e. The predicted molar refractivity (Wildman–Crippen MR) is 276 cm³/mol. The Hall–Kier alpha value is -6.78. The van der Waals surface area contributed by atoms with Gasteiger partial charge in [0.15, 0.2) is 0 Å². The zero-order chi connectivity index (χ0) is 43.4. The van der Waals surface area contributed by atoms with E-state index in [0.717, 1.165) is 11.8 Å². The zero-order valence-corrected chi connectivity index (χ0v) is 37.7. The fourth-order valence-electron chi connectivity index (χ4n) is 12.8. The van der Waals surface area contributed by atoms with Crippen molar-refractivity contribution in [2.45, 2.75) is 70.4 Å². The lowest BCUT2D eigenvalue weighted by atomic mass is 9.33. The Morgan fingerprint density at radius 3 is 1.43 bits per heavy atom. The Balaban J connectivity index is 1.07. The van der Waals surface area contributed by atoms with E-state index in [0.29, 0.717) is 12.1 Å². The van der Waals surface area contributed by atoms with E-state index in [1.807, 2.05) is 0 Å². The van der Waals surface area contributed by atoms with Crippen LogP contribution in [0.5, 0.6) is 0 Å². The van der Waals surface area contributed by atoms with E-state index in [-0.39, 0.29) is 12.1 Å². The maximum absolute atomic E-state index is 2.87. The van der Waals surface area contributed by atoms with Crippen molar-refractivity contribution in [1.82, 2.24) is 0 Å². The van der Waals surface area contributed by atoms with Crippen molar-refractivity contribution in [2.24, 2.45) is 11.8 Å². The fraction of sp³-hybridized carbons (Fsp3) is 0.213. The van der Waals surface area contributed by atoms with E-state index < -0.39 is 0 Å². The molecule has 0 radical (unpaired) electrons. The van der Waals surface area contributed by atoms with E-state index in [1.165, 1.54) is 127 Å². The third-order valence-electron chi connectivity index (χ3n) is 15.6. The van der Waals surface area contributed by atoms with Crippen LogP contribution in [0.3, 0.4) is 0 Å². The predicted octanol–water partition coefficient (Wildman–Crippen LogP) is 13.8. The third kappa shape index (κ3) is 6.39. The van der Waals surface area contributed by atoms with Gasteiger partial charge in [0.05, 0.1) is 0 Å². The average molecular weight is 840 g/mol. The van der Waals surface area contributed by atoms with E-state index in [9.17, 15) is 0 Å². The standard InChI is InChI=1S/C61H54BN3/c1-61(2,3)48-37-58-60-59(38-48)65(50-21-13-20-46(35-50)43-16-9-5-10-17-43)56-36-47(44-18-11-6-12-19-44)24-28-54(56)62(60)55-29-27-51(63-52-31-40-30-41(33-52)34-53(63)32-40)39-57(55)64(58)49-25-22-45(23-26-49)42-14-7-4-8-15-42/h4-29,35-41,52-53H,30-34H2,1-3H3. The van der Waals surface area contributed by atoms with E-state index >= 15 is 0 Å². The number of anilines is 7. The van der Waals surface area contributed by atoms with Gasteiger partial charge in [-0.3, -0.25) is 0 Å². The van der Waals surface area contributed by atoms with Gasteiger partial charge in [0, 0.05) is 51.9 Å². The van der Waals surface area contributed by atoms with Gasteiger partial charge in [-0.05, 0) is 159 Å². The normalized spacial score (nSPS) is 20.1. The molecule has 4 fully saturated rings. The van der Waals surface area contributed by atoms with Gasteiger partial charge in [0.25, 0.3) is 6.71 Å². The first-order valence-electron chi connectivity index (χ1n) is 24.0. The molecule has 316 valence electrons. The first-order chi connectivity index (χ1) is 31.8. The summed E-state index contributed by atoms with van der Waals surface area (Å²) in [6.07, 6.45) is 6.83. The highest BCUT2D eigenvalue weighted by Crippen LogP contribution is 2.52. The number of fused-ring (bicyclic) bond motifs is 4. The highest BCUT2D eigenvalue weighted by atomic mass is 15.2. The summed E-state index contributed by atoms with van der Waals surface area (Å²) in [6, 6.07) is 72.4. The molecule has 0 atom stereocenters. The van der Waals surface area contributed by atoms with Crippen LogP contribution in [0.4, 0.5) is 39.8 Å². The van der Waals surface area contributed by atoms with E-state index in [2.05, 4.69) is 224 Å². The lowest BCUT2D eigenvalue weighted by Gasteiger charge is -2.57. The summed E-state index contributed by atoms with van der Waals surface area (Å²) in [6.45, 7) is 7.16. The van der Waals surface area contributed by atoms with Crippen LogP contribution in [-0.2, 0) is 5.41 Å². The highest BCUT2D eigenvalue weighted by molar-refractivity contribution is 7.00. The molecule has 0 unspecified atom stereocenters. The minimum atomic E-state index is -0.109. The van der Waals surface area contributed by atoms with Crippen LogP contribution in [-0.4, -0.2) is 18.8 Å². The van der Waals surface area contributed by atoms with Crippen LogP contribution in [0, 0.1) is 11.8 Å². The molecule has 14 rings (SSSR count). The van der Waals surface area contributed by atoms with Gasteiger partial charge in [0.1, 0.15) is 0 Å². The first kappa shape index (κ1) is 38.7. The van der Waals surface area contributed by atoms with Crippen LogP contribution in [0.15, 0.2) is 188 Å². The molecule has 8 aromatic rings. The summed E-state index contributed by atoms with van der Waals surface area (Å²) in [5, 5.41) is 0. The topological polar surface area (TPSA) is 9.72 Å². The summed E-state index contributed by atoms with van der Waals surface area (Å²) in [7, 11) is 0. The van der Waals surface area contributed by atoms with E-state index in [1.54, 1.807) is 0 Å². The number of benzene rings is 8. The fourth-order valence-corrected chi connectivity index (χ4v) is 12.8. The van der Waals surface area contributed by atoms with Gasteiger partial charge in [-0.1, -0.05) is 154 Å². The van der Waals surface area contributed by atoms with Crippen molar-refractivity contribution in [3.63, 3.8) is 0 Å². The number of hydrogen-bond acceptors (Lipinski definition) is 3. The smallest absolute Gasteiger partial charge is 0.252 e. The number of rotatable bonds is 6. The number of nitrogens with zero attached hydrogens (tertiary/aromatic N) is 3. The van der Waals surface area contributed by atoms with Crippen LogP contribution < -0.4 is 31.1 Å². The molecule has 0 N–H and O–H groups in total. The van der Waals surface area contributed by atoms with Crippen molar-refractivity contribution in [2.75, 3.05) is 14.7 Å². The van der Waals surface area contributed by atoms with Crippen molar-refractivity contribution in [3.8, 4) is 33.4 Å². The molecule has 4 aliphatic heterocycles. The maximum atomic E-state index is 2.87. The second kappa shape index (κ2) is 14.9. The van der Waals surface area contributed by atoms with Crippen LogP contribution >= 0.6 is 0 Å². The molecule has 3 nitrogen and oxygen atoms in total. The molecule has 0 amide bonds. The molecule has 4 heteroatoms. The van der Waals surface area contributed by atoms with Crippen molar-refractivity contribution in [3.05, 3.63) is 194 Å². The van der Waals surface area contributed by atoms with Crippen molar-refractivity contribution < 1.29 is 0 Å². The molecule has 65 heavy (non-hydrogen) atoms. The SMILES string of the molecule is CC(C)(C)c1cc2c3c(c1)N(c1ccc(-c4ccccc4)cc1)c1cc(N4C5CC6CC(C5)CC4C6)ccc1B3c1ccc(-c3ccccc3)cc1N2c1cccc(-c2ccccc2)c1. The summed E-state index contributed by atoms with van der Waals surface area (Å²) in [5.74, 6) is 1.81. The second-order valence-corrected chi connectivity index (χ2v) is 20.6. The quantitative estimate of drug-likeness (QED) is 0.154. The lowest BCUT2D eigenvalue weighted by molar-refractivity contribution is 0.0900. The molecule has 2 aliphatic carbocycles. The van der Waals surface area contributed by atoms with E-state index in [4.69, 9.17) is 0 Å². The van der Waals surface area contributed by atoms with Crippen molar-refractivity contribution >= 4 is 62.9 Å². The molecular weight excluding hydrogens is 786 g/mol. The summed E-state index contributed by atoms with van der Waals surface area (Å²) in [5.41, 5.74) is 21.5. The lowest BCUT2D eigenvalue weighted by Crippen LogP contribution is -2.62. The van der Waals surface area contributed by atoms with Crippen molar-refractivity contribution in [1.29, 1.82) is 0 Å². The van der Waals surface area contributed by atoms with Gasteiger partial charge in [0.2, 0.25) is 0 Å². The Morgan fingerprint density at radius 2 is 0.846 bits per heavy atom. The van der Waals surface area contributed by atoms with Gasteiger partial charge in [-0.15, -0.1) is 0 Å². The molecule has 6 aliphatic rings. The summed E-state index contributed by atoms with van der Waals surface area (Å²) in [4.78, 5) is 8.10. The number of piperidine rings is 2. The number of hydrogen-bond donors (Lipinski definition) is 0. The molecule has 4 bridgehead atoms. The van der Waals surface area contributed by atoms with Gasteiger partial charge < -0.3 is 14.7 Å². The molecule has 8 aromatic carbocycles. The Labute approximate surface area is 385 Å². The minimum Gasteiger partial charge on any atom is -0.365 e. The van der Waals surface area contributed by atoms with Gasteiger partial charge in [-0.25, -0.2) is 0 Å². The molecular formula is C61H54BN3. The molecule has 4 heterocycles. The molecule has 2 saturated carbocycles. The monoisotopic (exact) mass is 839 g/mol. The molecule has 0 spiro atoms. The Kier molecular flexibility index (Phi) is 8.86. The largest absolute Gasteiger partial charge is 0.365 e. The summed E-state index contributed by atoms with van der Waals surface area (Å²) < 4.78 is 0. The minimum absolute atomic E-state index is 0.0415. The second-order valence-electron chi connectivity index (χ2n) is 20.6. The van der Waals surface area contributed by atoms with Gasteiger partial charge >= 0.3 is 0 Å².